The van der Waals surface area contributed by atoms with Crippen molar-refractivity contribution in [3.63, 3.8) is 0 Å². The third-order valence-corrected chi connectivity index (χ3v) is 5.07. The van der Waals surface area contributed by atoms with Gasteiger partial charge in [-0.2, -0.15) is 0 Å². The van der Waals surface area contributed by atoms with Gasteiger partial charge in [-0.25, -0.2) is 9.59 Å². The van der Waals surface area contributed by atoms with Crippen LogP contribution in [0.3, 0.4) is 0 Å². The lowest BCUT2D eigenvalue weighted by Gasteiger charge is -2.20. The molecule has 1 aromatic carbocycles. The molecule has 0 amide bonds. The number of ether oxygens (including phenoxy) is 2. The summed E-state index contributed by atoms with van der Waals surface area (Å²) in [5.74, 6) is -0.169. The van der Waals surface area contributed by atoms with Gasteiger partial charge in [0.15, 0.2) is 18.5 Å². The van der Waals surface area contributed by atoms with Crippen molar-refractivity contribution in [3.05, 3.63) is 39.7 Å². The van der Waals surface area contributed by atoms with E-state index in [2.05, 4.69) is 0 Å². The molecule has 0 spiro atoms. The standard InChI is InChI=1S/C20H20O6/c21-16-6-1-2-7-17(16)25-19(22)11-24-12-8-9-14-13-4-3-5-15(13)20(23)26-18(14)10-12/h8-10,17H,1-7,11H2/t17-/m1/s1. The molecule has 1 heterocycles. The van der Waals surface area contributed by atoms with Gasteiger partial charge in [0.2, 0.25) is 0 Å². The Labute approximate surface area is 150 Å². The van der Waals surface area contributed by atoms with Gasteiger partial charge in [0, 0.05) is 23.4 Å². The molecule has 4 rings (SSSR count). The van der Waals surface area contributed by atoms with E-state index in [1.165, 1.54) is 0 Å². The Morgan fingerprint density at radius 3 is 2.77 bits per heavy atom. The van der Waals surface area contributed by atoms with Crippen LogP contribution in [0.1, 0.15) is 43.2 Å². The largest absolute Gasteiger partial charge is 0.482 e. The highest BCUT2D eigenvalue weighted by molar-refractivity contribution is 5.86. The van der Waals surface area contributed by atoms with E-state index in [1.807, 2.05) is 6.07 Å². The second-order valence-corrected chi connectivity index (χ2v) is 6.84. The Balaban J connectivity index is 1.44. The van der Waals surface area contributed by atoms with Crippen molar-refractivity contribution in [1.82, 2.24) is 0 Å². The van der Waals surface area contributed by atoms with Crippen LogP contribution in [0.4, 0.5) is 0 Å². The van der Waals surface area contributed by atoms with Crippen LogP contribution in [-0.2, 0) is 27.2 Å². The fraction of sp³-hybridized carbons (Fsp3) is 0.450. The molecular formula is C20H20O6. The third-order valence-electron chi connectivity index (χ3n) is 5.07. The summed E-state index contributed by atoms with van der Waals surface area (Å²) in [6, 6.07) is 5.22. The summed E-state index contributed by atoms with van der Waals surface area (Å²) in [4.78, 5) is 35.7. The van der Waals surface area contributed by atoms with E-state index < -0.39 is 12.1 Å². The van der Waals surface area contributed by atoms with Crippen molar-refractivity contribution in [3.8, 4) is 5.75 Å². The number of carbonyl (C=O) groups excluding carboxylic acids is 2. The second kappa shape index (κ2) is 6.94. The topological polar surface area (TPSA) is 82.8 Å². The van der Waals surface area contributed by atoms with E-state index in [1.54, 1.807) is 12.1 Å². The number of fused-ring (bicyclic) bond motifs is 3. The molecule has 1 aromatic heterocycles. The molecule has 0 saturated heterocycles. The predicted octanol–water partition coefficient (Wildman–Crippen LogP) is 2.72. The van der Waals surface area contributed by atoms with E-state index in [4.69, 9.17) is 13.9 Å². The second-order valence-electron chi connectivity index (χ2n) is 6.84. The molecule has 6 nitrogen and oxygen atoms in total. The number of carbonyl (C=O) groups is 2. The van der Waals surface area contributed by atoms with Crippen molar-refractivity contribution < 1.29 is 23.5 Å². The first kappa shape index (κ1) is 16.8. The number of Topliss-reactive ketones (excluding diaryl/α,β-unsaturated/α-hetero) is 1. The number of aryl methyl sites for hydroxylation is 1. The third kappa shape index (κ3) is 3.23. The maximum atomic E-state index is 12.0. The highest BCUT2D eigenvalue weighted by atomic mass is 16.6. The normalized spacial score (nSPS) is 19.4. The van der Waals surface area contributed by atoms with Crippen molar-refractivity contribution in [2.75, 3.05) is 6.61 Å². The fourth-order valence-corrected chi connectivity index (χ4v) is 3.76. The zero-order valence-electron chi connectivity index (χ0n) is 14.4. The molecular weight excluding hydrogens is 336 g/mol. The van der Waals surface area contributed by atoms with Gasteiger partial charge in [-0.3, -0.25) is 4.79 Å². The Hall–Kier alpha value is -2.63. The van der Waals surface area contributed by atoms with E-state index in [9.17, 15) is 14.4 Å². The Kier molecular flexibility index (Phi) is 4.49. The van der Waals surface area contributed by atoms with Crippen molar-refractivity contribution in [1.29, 1.82) is 0 Å². The van der Waals surface area contributed by atoms with E-state index in [0.717, 1.165) is 48.6 Å². The van der Waals surface area contributed by atoms with E-state index in [0.29, 0.717) is 24.2 Å². The van der Waals surface area contributed by atoms with E-state index >= 15 is 0 Å². The zero-order chi connectivity index (χ0) is 18.1. The van der Waals surface area contributed by atoms with Gasteiger partial charge < -0.3 is 13.9 Å². The molecule has 0 bridgehead atoms. The average Bonchev–Trinajstić information content (AvgIpc) is 3.12. The number of esters is 1. The van der Waals surface area contributed by atoms with Crippen molar-refractivity contribution >= 4 is 22.7 Å². The molecule has 26 heavy (non-hydrogen) atoms. The number of benzene rings is 1. The summed E-state index contributed by atoms with van der Waals surface area (Å²) in [6.07, 6.45) is 4.75. The first-order valence-electron chi connectivity index (χ1n) is 9.05. The van der Waals surface area contributed by atoms with Crippen LogP contribution in [0.25, 0.3) is 11.0 Å². The molecule has 6 heteroatoms. The molecule has 0 N–H and O–H groups in total. The molecule has 1 fully saturated rings. The first-order valence-corrected chi connectivity index (χ1v) is 9.05. The highest BCUT2D eigenvalue weighted by Crippen LogP contribution is 2.29. The molecule has 2 aromatic rings. The Morgan fingerprint density at radius 2 is 1.92 bits per heavy atom. The van der Waals surface area contributed by atoms with Gasteiger partial charge in [-0.05, 0) is 56.2 Å². The zero-order valence-corrected chi connectivity index (χ0v) is 14.4. The minimum absolute atomic E-state index is 0.0223. The van der Waals surface area contributed by atoms with Gasteiger partial charge in [0.1, 0.15) is 11.3 Å². The SMILES string of the molecule is O=C(COc1ccc2c3c(c(=O)oc2c1)CCC3)O[C@@H]1CCCCC1=O. The van der Waals surface area contributed by atoms with Gasteiger partial charge >= 0.3 is 11.6 Å². The Morgan fingerprint density at radius 1 is 1.08 bits per heavy atom. The summed E-state index contributed by atoms with van der Waals surface area (Å²) < 4.78 is 16.1. The number of rotatable bonds is 4. The van der Waals surface area contributed by atoms with Crippen molar-refractivity contribution in [2.24, 2.45) is 0 Å². The van der Waals surface area contributed by atoms with E-state index in [-0.39, 0.29) is 18.0 Å². The number of hydrogen-bond acceptors (Lipinski definition) is 6. The molecule has 1 saturated carbocycles. The Bertz CT molecular complexity index is 926. The summed E-state index contributed by atoms with van der Waals surface area (Å²) in [5, 5.41) is 0.917. The van der Waals surface area contributed by atoms with Crippen LogP contribution >= 0.6 is 0 Å². The molecule has 0 radical (unpaired) electrons. The first-order chi connectivity index (χ1) is 12.6. The monoisotopic (exact) mass is 356 g/mol. The van der Waals surface area contributed by atoms with Gasteiger partial charge in [0.05, 0.1) is 0 Å². The van der Waals surface area contributed by atoms with Gasteiger partial charge in [0.25, 0.3) is 0 Å². The quantitative estimate of drug-likeness (QED) is 0.619. The van der Waals surface area contributed by atoms with Crippen LogP contribution in [0.5, 0.6) is 5.75 Å². The number of ketones is 1. The molecule has 2 aliphatic carbocycles. The lowest BCUT2D eigenvalue weighted by atomic mass is 9.96. The maximum absolute atomic E-state index is 12.0. The molecule has 0 aliphatic heterocycles. The maximum Gasteiger partial charge on any atom is 0.344 e. The number of hydrogen-bond donors (Lipinski definition) is 0. The molecule has 2 aliphatic rings. The lowest BCUT2D eigenvalue weighted by Crippen LogP contribution is -2.31. The van der Waals surface area contributed by atoms with Crippen molar-refractivity contribution in [2.45, 2.75) is 51.0 Å². The van der Waals surface area contributed by atoms with Gasteiger partial charge in [-0.1, -0.05) is 0 Å². The van der Waals surface area contributed by atoms with Crippen LogP contribution in [0.15, 0.2) is 27.4 Å². The van der Waals surface area contributed by atoms with Gasteiger partial charge in [-0.15, -0.1) is 0 Å². The predicted molar refractivity (Wildman–Crippen MR) is 93.4 cm³/mol. The molecule has 0 unspecified atom stereocenters. The van der Waals surface area contributed by atoms with Crippen LogP contribution in [-0.4, -0.2) is 24.5 Å². The molecule has 136 valence electrons. The summed E-state index contributed by atoms with van der Waals surface area (Å²) >= 11 is 0. The van der Waals surface area contributed by atoms with Crippen LogP contribution in [0.2, 0.25) is 0 Å². The van der Waals surface area contributed by atoms with Crippen LogP contribution in [0, 0.1) is 0 Å². The highest BCUT2D eigenvalue weighted by Gasteiger charge is 2.26. The summed E-state index contributed by atoms with van der Waals surface area (Å²) in [5.41, 5.74) is 1.99. The summed E-state index contributed by atoms with van der Waals surface area (Å²) in [7, 11) is 0. The minimum Gasteiger partial charge on any atom is -0.482 e. The smallest absolute Gasteiger partial charge is 0.344 e. The minimum atomic E-state index is -0.642. The molecule has 1 atom stereocenters. The fourth-order valence-electron chi connectivity index (χ4n) is 3.76. The average molecular weight is 356 g/mol. The van der Waals surface area contributed by atoms with Crippen LogP contribution < -0.4 is 10.4 Å². The summed E-state index contributed by atoms with van der Waals surface area (Å²) in [6.45, 7) is -0.287. The lowest BCUT2D eigenvalue weighted by molar-refractivity contribution is -0.158.